The van der Waals surface area contributed by atoms with E-state index in [4.69, 9.17) is 0 Å². The van der Waals surface area contributed by atoms with Gasteiger partial charge in [-0.15, -0.1) is 0 Å². The standard InChI is InChI=1S/C18H29N5O/c1-13-11-16(23(21-13)14-3-9-22(2)10-4-14)20-17(24)15-12-18(15)5-7-19-8-6-18/h11,14-15,19H,3-10,12H2,1-2H3,(H,20,24). The molecule has 1 atom stereocenters. The fraction of sp³-hybridized carbons (Fsp3) is 0.778. The molecule has 2 saturated heterocycles. The second-order valence-electron chi connectivity index (χ2n) is 8.01. The molecule has 1 aliphatic carbocycles. The summed E-state index contributed by atoms with van der Waals surface area (Å²) >= 11 is 0. The highest BCUT2D eigenvalue weighted by Gasteiger charge is 2.57. The van der Waals surface area contributed by atoms with Gasteiger partial charge in [0.25, 0.3) is 0 Å². The third-order valence-electron chi connectivity index (χ3n) is 6.25. The summed E-state index contributed by atoms with van der Waals surface area (Å²) in [6, 6.07) is 2.42. The number of amides is 1. The van der Waals surface area contributed by atoms with Gasteiger partial charge in [0.1, 0.15) is 5.82 Å². The number of carbonyl (C=O) groups excluding carboxylic acids is 1. The van der Waals surface area contributed by atoms with Crippen LogP contribution in [0.1, 0.15) is 43.8 Å². The van der Waals surface area contributed by atoms with E-state index in [9.17, 15) is 4.79 Å². The van der Waals surface area contributed by atoms with Crippen molar-refractivity contribution in [3.8, 4) is 0 Å². The highest BCUT2D eigenvalue weighted by molar-refractivity contribution is 5.94. The fourth-order valence-corrected chi connectivity index (χ4v) is 4.54. The van der Waals surface area contributed by atoms with Crippen molar-refractivity contribution in [1.82, 2.24) is 20.0 Å². The van der Waals surface area contributed by atoms with Crippen LogP contribution in [0.4, 0.5) is 5.82 Å². The lowest BCUT2D eigenvalue weighted by atomic mass is 9.92. The van der Waals surface area contributed by atoms with Crippen molar-refractivity contribution in [3.63, 3.8) is 0 Å². The summed E-state index contributed by atoms with van der Waals surface area (Å²) in [6.45, 7) is 6.30. The Hall–Kier alpha value is -1.40. The number of piperidine rings is 2. The van der Waals surface area contributed by atoms with Gasteiger partial charge in [0.15, 0.2) is 0 Å². The van der Waals surface area contributed by atoms with E-state index >= 15 is 0 Å². The number of nitrogens with zero attached hydrogens (tertiary/aromatic N) is 3. The fourth-order valence-electron chi connectivity index (χ4n) is 4.54. The van der Waals surface area contributed by atoms with E-state index in [2.05, 4.69) is 32.4 Å². The van der Waals surface area contributed by atoms with Gasteiger partial charge in [0.05, 0.1) is 11.7 Å². The Morgan fingerprint density at radius 3 is 2.75 bits per heavy atom. The molecule has 4 rings (SSSR count). The molecular formula is C18H29N5O. The Morgan fingerprint density at radius 1 is 1.33 bits per heavy atom. The quantitative estimate of drug-likeness (QED) is 0.886. The summed E-state index contributed by atoms with van der Waals surface area (Å²) in [5.74, 6) is 1.29. The van der Waals surface area contributed by atoms with Gasteiger partial charge in [-0.25, -0.2) is 4.68 Å². The Bertz CT molecular complexity index is 611. The van der Waals surface area contributed by atoms with Gasteiger partial charge in [-0.3, -0.25) is 4.79 Å². The van der Waals surface area contributed by atoms with Crippen LogP contribution in [0.25, 0.3) is 0 Å². The number of rotatable bonds is 3. The van der Waals surface area contributed by atoms with Gasteiger partial charge < -0.3 is 15.5 Å². The molecule has 132 valence electrons. The number of likely N-dealkylation sites (tertiary alicyclic amines) is 1. The zero-order valence-corrected chi connectivity index (χ0v) is 14.8. The monoisotopic (exact) mass is 331 g/mol. The number of aryl methyl sites for hydroxylation is 1. The van der Waals surface area contributed by atoms with Crippen molar-refractivity contribution < 1.29 is 4.79 Å². The summed E-state index contributed by atoms with van der Waals surface area (Å²) in [5, 5.41) is 11.3. The normalized spacial score (nSPS) is 27.3. The average Bonchev–Trinajstić information content (AvgIpc) is 3.14. The van der Waals surface area contributed by atoms with E-state index in [1.165, 1.54) is 0 Å². The molecule has 2 aliphatic heterocycles. The summed E-state index contributed by atoms with van der Waals surface area (Å²) in [4.78, 5) is 15.1. The molecule has 24 heavy (non-hydrogen) atoms. The molecule has 6 nitrogen and oxygen atoms in total. The van der Waals surface area contributed by atoms with Crippen LogP contribution in [0, 0.1) is 18.3 Å². The first kappa shape index (κ1) is 16.1. The molecular weight excluding hydrogens is 302 g/mol. The van der Waals surface area contributed by atoms with E-state index in [0.717, 1.165) is 69.8 Å². The van der Waals surface area contributed by atoms with Gasteiger partial charge in [-0.05, 0) is 77.7 Å². The van der Waals surface area contributed by atoms with Crippen LogP contribution in [0.3, 0.4) is 0 Å². The molecule has 0 bridgehead atoms. The summed E-state index contributed by atoms with van der Waals surface area (Å²) in [5.41, 5.74) is 1.26. The third-order valence-corrected chi connectivity index (χ3v) is 6.25. The minimum Gasteiger partial charge on any atom is -0.317 e. The van der Waals surface area contributed by atoms with E-state index in [0.29, 0.717) is 6.04 Å². The number of aromatic nitrogens is 2. The molecule has 1 aromatic rings. The van der Waals surface area contributed by atoms with Gasteiger partial charge in [-0.2, -0.15) is 5.10 Å². The Morgan fingerprint density at radius 2 is 2.04 bits per heavy atom. The maximum atomic E-state index is 12.8. The zero-order chi connectivity index (χ0) is 16.7. The Kier molecular flexibility index (Phi) is 4.12. The van der Waals surface area contributed by atoms with Gasteiger partial charge in [0, 0.05) is 12.0 Å². The number of hydrogen-bond acceptors (Lipinski definition) is 4. The highest BCUT2D eigenvalue weighted by Crippen LogP contribution is 2.58. The first-order valence-corrected chi connectivity index (χ1v) is 9.34. The van der Waals surface area contributed by atoms with Crippen LogP contribution >= 0.6 is 0 Å². The van der Waals surface area contributed by atoms with Gasteiger partial charge in [0.2, 0.25) is 5.91 Å². The number of hydrogen-bond donors (Lipinski definition) is 2. The average molecular weight is 331 g/mol. The second kappa shape index (κ2) is 6.15. The molecule has 3 fully saturated rings. The molecule has 6 heteroatoms. The number of carbonyl (C=O) groups is 1. The molecule has 3 heterocycles. The van der Waals surface area contributed by atoms with Crippen LogP contribution in [0.5, 0.6) is 0 Å². The van der Waals surface area contributed by atoms with E-state index in [1.54, 1.807) is 0 Å². The number of anilines is 1. The van der Waals surface area contributed by atoms with Crippen LogP contribution in [0.2, 0.25) is 0 Å². The first-order chi connectivity index (χ1) is 11.6. The van der Waals surface area contributed by atoms with E-state index < -0.39 is 0 Å². The molecule has 2 N–H and O–H groups in total. The lowest BCUT2D eigenvalue weighted by molar-refractivity contribution is -0.118. The largest absolute Gasteiger partial charge is 0.317 e. The topological polar surface area (TPSA) is 62.2 Å². The van der Waals surface area contributed by atoms with Crippen molar-refractivity contribution in [1.29, 1.82) is 0 Å². The highest BCUT2D eigenvalue weighted by atomic mass is 16.2. The van der Waals surface area contributed by atoms with Crippen LogP contribution in [-0.2, 0) is 4.79 Å². The van der Waals surface area contributed by atoms with Crippen molar-refractivity contribution in [2.75, 3.05) is 38.5 Å². The van der Waals surface area contributed by atoms with Crippen molar-refractivity contribution in [2.45, 2.75) is 45.1 Å². The molecule has 0 aromatic carbocycles. The van der Waals surface area contributed by atoms with Gasteiger partial charge >= 0.3 is 0 Å². The second-order valence-corrected chi connectivity index (χ2v) is 8.01. The molecule has 1 amide bonds. The minimum absolute atomic E-state index is 0.195. The molecule has 0 radical (unpaired) electrons. The minimum atomic E-state index is 0.195. The zero-order valence-electron chi connectivity index (χ0n) is 14.8. The van der Waals surface area contributed by atoms with Crippen molar-refractivity contribution in [3.05, 3.63) is 11.8 Å². The molecule has 1 unspecified atom stereocenters. The van der Waals surface area contributed by atoms with Gasteiger partial charge in [-0.1, -0.05) is 0 Å². The van der Waals surface area contributed by atoms with E-state index in [-0.39, 0.29) is 17.2 Å². The molecule has 3 aliphatic rings. The lowest BCUT2D eigenvalue weighted by Crippen LogP contribution is -2.33. The Balaban J connectivity index is 1.44. The summed E-state index contributed by atoms with van der Waals surface area (Å²) < 4.78 is 2.07. The maximum absolute atomic E-state index is 12.8. The number of nitrogens with one attached hydrogen (secondary N) is 2. The van der Waals surface area contributed by atoms with Crippen LogP contribution in [0.15, 0.2) is 6.07 Å². The predicted molar refractivity (Wildman–Crippen MR) is 94.0 cm³/mol. The Labute approximate surface area is 144 Å². The summed E-state index contributed by atoms with van der Waals surface area (Å²) in [7, 11) is 2.17. The maximum Gasteiger partial charge on any atom is 0.229 e. The molecule has 1 aromatic heterocycles. The smallest absolute Gasteiger partial charge is 0.229 e. The third kappa shape index (κ3) is 2.97. The predicted octanol–water partition coefficient (Wildman–Crippen LogP) is 1.79. The first-order valence-electron chi connectivity index (χ1n) is 9.34. The SMILES string of the molecule is Cc1cc(NC(=O)C2CC23CCNCC3)n(C2CCN(C)CC2)n1. The lowest BCUT2D eigenvalue weighted by Gasteiger charge is -2.30. The van der Waals surface area contributed by atoms with Crippen molar-refractivity contribution in [2.24, 2.45) is 11.3 Å². The summed E-state index contributed by atoms with van der Waals surface area (Å²) in [6.07, 6.45) is 5.53. The van der Waals surface area contributed by atoms with Crippen LogP contribution < -0.4 is 10.6 Å². The van der Waals surface area contributed by atoms with E-state index in [1.807, 2.05) is 13.0 Å². The molecule has 1 saturated carbocycles. The van der Waals surface area contributed by atoms with Crippen molar-refractivity contribution >= 4 is 11.7 Å². The molecule has 1 spiro atoms. The van der Waals surface area contributed by atoms with Crippen LogP contribution in [-0.4, -0.2) is 53.8 Å².